The number of anilines is 1. The zero-order valence-corrected chi connectivity index (χ0v) is 11.2. The number of carbonyl (C=O) groups is 1. The van der Waals surface area contributed by atoms with E-state index in [-0.39, 0.29) is 10.6 Å². The average Bonchev–Trinajstić information content (AvgIpc) is 2.26. The maximum Gasteiger partial charge on any atom is 0.323 e. The second-order valence-electron chi connectivity index (χ2n) is 3.86. The van der Waals surface area contributed by atoms with Crippen LogP contribution < -0.4 is 10.5 Å². The van der Waals surface area contributed by atoms with Crippen LogP contribution in [0.1, 0.15) is 12.5 Å². The number of aryl methyl sites for hydroxylation is 1. The van der Waals surface area contributed by atoms with E-state index in [0.29, 0.717) is 5.56 Å². The second-order valence-corrected chi connectivity index (χ2v) is 5.51. The van der Waals surface area contributed by atoms with Crippen LogP contribution in [0.15, 0.2) is 23.1 Å². The van der Waals surface area contributed by atoms with Gasteiger partial charge >= 0.3 is 5.97 Å². The smallest absolute Gasteiger partial charge is 0.323 e. The molecule has 18 heavy (non-hydrogen) atoms. The van der Waals surface area contributed by atoms with Crippen molar-refractivity contribution in [3.63, 3.8) is 0 Å². The zero-order chi connectivity index (χ0) is 13.9. The minimum absolute atomic E-state index is 0.0132. The fourth-order valence-electron chi connectivity index (χ4n) is 1.56. The van der Waals surface area contributed by atoms with Crippen molar-refractivity contribution in [2.24, 2.45) is 0 Å². The topological polar surface area (TPSA) is 98.5 Å². The molecule has 0 amide bonds. The number of carbonyl (C=O) groups excluding carboxylic acids is 1. The Hall–Kier alpha value is -1.60. The van der Waals surface area contributed by atoms with E-state index >= 15 is 0 Å². The first-order valence-electron chi connectivity index (χ1n) is 5.25. The molecule has 7 heteroatoms. The van der Waals surface area contributed by atoms with Crippen molar-refractivity contribution in [1.29, 1.82) is 0 Å². The van der Waals surface area contributed by atoms with Crippen molar-refractivity contribution >= 4 is 21.7 Å². The first-order valence-corrected chi connectivity index (χ1v) is 6.73. The Labute approximate surface area is 106 Å². The number of ether oxygens (including phenoxy) is 1. The van der Waals surface area contributed by atoms with Gasteiger partial charge in [0.2, 0.25) is 10.0 Å². The summed E-state index contributed by atoms with van der Waals surface area (Å²) in [6.07, 6.45) is 0. The molecule has 6 nitrogen and oxygen atoms in total. The lowest BCUT2D eigenvalue weighted by molar-refractivity contribution is -0.142. The zero-order valence-electron chi connectivity index (χ0n) is 10.4. The number of methoxy groups -OCH3 is 1. The van der Waals surface area contributed by atoms with Crippen LogP contribution in [0.25, 0.3) is 0 Å². The van der Waals surface area contributed by atoms with E-state index in [2.05, 4.69) is 9.46 Å². The number of benzene rings is 1. The highest BCUT2D eigenvalue weighted by atomic mass is 32.2. The SMILES string of the molecule is COC(=O)C(C)NS(=O)(=O)c1c(C)cccc1N. The minimum atomic E-state index is -3.85. The monoisotopic (exact) mass is 272 g/mol. The van der Waals surface area contributed by atoms with E-state index in [4.69, 9.17) is 5.73 Å². The molecule has 1 atom stereocenters. The third-order valence-corrected chi connectivity index (χ3v) is 4.16. The van der Waals surface area contributed by atoms with E-state index < -0.39 is 22.0 Å². The summed E-state index contributed by atoms with van der Waals surface area (Å²) in [4.78, 5) is 11.2. The van der Waals surface area contributed by atoms with E-state index in [9.17, 15) is 13.2 Å². The summed E-state index contributed by atoms with van der Waals surface area (Å²) in [7, 11) is -2.66. The fraction of sp³-hybridized carbons (Fsp3) is 0.364. The number of nitrogens with two attached hydrogens (primary N) is 1. The van der Waals surface area contributed by atoms with Gasteiger partial charge in [0.25, 0.3) is 0 Å². The number of rotatable bonds is 4. The summed E-state index contributed by atoms with van der Waals surface area (Å²) in [5.74, 6) is -0.661. The van der Waals surface area contributed by atoms with Crippen molar-refractivity contribution in [2.75, 3.05) is 12.8 Å². The molecule has 0 aliphatic heterocycles. The normalized spacial score (nSPS) is 13.1. The van der Waals surface area contributed by atoms with Gasteiger partial charge in [-0.25, -0.2) is 8.42 Å². The van der Waals surface area contributed by atoms with Gasteiger partial charge < -0.3 is 10.5 Å². The van der Waals surface area contributed by atoms with Gasteiger partial charge in [-0.3, -0.25) is 4.79 Å². The largest absolute Gasteiger partial charge is 0.468 e. The molecule has 0 aromatic heterocycles. The lowest BCUT2D eigenvalue weighted by Crippen LogP contribution is -2.39. The molecule has 0 saturated heterocycles. The summed E-state index contributed by atoms with van der Waals surface area (Å²) < 4.78 is 30.9. The Balaban J connectivity index is 3.12. The van der Waals surface area contributed by atoms with Gasteiger partial charge in [0, 0.05) is 0 Å². The van der Waals surface area contributed by atoms with Crippen LogP contribution in [-0.4, -0.2) is 27.5 Å². The fourth-order valence-corrected chi connectivity index (χ4v) is 3.11. The van der Waals surface area contributed by atoms with Crippen LogP contribution >= 0.6 is 0 Å². The van der Waals surface area contributed by atoms with Gasteiger partial charge in [0.1, 0.15) is 10.9 Å². The van der Waals surface area contributed by atoms with Crippen LogP contribution in [0.4, 0.5) is 5.69 Å². The van der Waals surface area contributed by atoms with Crippen molar-refractivity contribution in [3.8, 4) is 0 Å². The molecule has 1 aromatic rings. The molecule has 0 bridgehead atoms. The highest BCUT2D eigenvalue weighted by Crippen LogP contribution is 2.22. The Morgan fingerprint density at radius 2 is 2.06 bits per heavy atom. The molecular weight excluding hydrogens is 256 g/mol. The Morgan fingerprint density at radius 1 is 1.44 bits per heavy atom. The number of hydrogen-bond donors (Lipinski definition) is 2. The Kier molecular flexibility index (Phi) is 4.31. The molecule has 1 rings (SSSR count). The van der Waals surface area contributed by atoms with E-state index in [1.54, 1.807) is 19.1 Å². The lowest BCUT2D eigenvalue weighted by Gasteiger charge is -2.15. The lowest BCUT2D eigenvalue weighted by atomic mass is 10.2. The van der Waals surface area contributed by atoms with Crippen LogP contribution in [0.3, 0.4) is 0 Å². The summed E-state index contributed by atoms with van der Waals surface area (Å²) in [5.41, 5.74) is 6.31. The predicted octanol–water partition coefficient (Wildman–Crippen LogP) is 0.417. The molecule has 0 aliphatic rings. The number of hydrogen-bond acceptors (Lipinski definition) is 5. The minimum Gasteiger partial charge on any atom is -0.468 e. The molecule has 0 heterocycles. The first-order chi connectivity index (χ1) is 8.29. The highest BCUT2D eigenvalue weighted by Gasteiger charge is 2.25. The van der Waals surface area contributed by atoms with Crippen molar-refractivity contribution < 1.29 is 17.9 Å². The molecule has 1 unspecified atom stereocenters. The van der Waals surface area contributed by atoms with Gasteiger partial charge in [-0.15, -0.1) is 0 Å². The molecule has 0 aliphatic carbocycles. The maximum absolute atomic E-state index is 12.1. The first kappa shape index (κ1) is 14.5. The molecule has 0 radical (unpaired) electrons. The van der Waals surface area contributed by atoms with E-state index in [1.807, 2.05) is 0 Å². The Bertz CT molecular complexity index is 534. The third kappa shape index (κ3) is 2.99. The molecular formula is C11H16N2O4S. The van der Waals surface area contributed by atoms with Gasteiger partial charge in [-0.05, 0) is 25.5 Å². The number of sulfonamides is 1. The van der Waals surface area contributed by atoms with Gasteiger partial charge in [-0.1, -0.05) is 12.1 Å². The van der Waals surface area contributed by atoms with Crippen LogP contribution in [0.5, 0.6) is 0 Å². The van der Waals surface area contributed by atoms with Crippen LogP contribution in [0, 0.1) is 6.92 Å². The third-order valence-electron chi connectivity index (χ3n) is 2.40. The standard InChI is InChI=1S/C11H16N2O4S/c1-7-5-4-6-9(12)10(7)18(15,16)13-8(2)11(14)17-3/h4-6,8,13H,12H2,1-3H3. The molecule has 100 valence electrons. The van der Waals surface area contributed by atoms with E-state index in [0.717, 1.165) is 0 Å². The molecule has 0 fully saturated rings. The maximum atomic E-state index is 12.1. The predicted molar refractivity (Wildman–Crippen MR) is 67.4 cm³/mol. The highest BCUT2D eigenvalue weighted by molar-refractivity contribution is 7.89. The van der Waals surface area contributed by atoms with Gasteiger partial charge in [0.15, 0.2) is 0 Å². The Morgan fingerprint density at radius 3 is 2.56 bits per heavy atom. The molecule has 0 spiro atoms. The number of esters is 1. The van der Waals surface area contributed by atoms with E-state index in [1.165, 1.54) is 20.1 Å². The number of nitrogens with one attached hydrogen (secondary N) is 1. The molecule has 3 N–H and O–H groups in total. The quantitative estimate of drug-likeness (QED) is 0.611. The molecule has 1 aromatic carbocycles. The van der Waals surface area contributed by atoms with Crippen molar-refractivity contribution in [1.82, 2.24) is 4.72 Å². The van der Waals surface area contributed by atoms with Crippen molar-refractivity contribution in [2.45, 2.75) is 24.8 Å². The number of nitrogen functional groups attached to an aromatic ring is 1. The summed E-state index contributed by atoms with van der Waals surface area (Å²) >= 11 is 0. The summed E-state index contributed by atoms with van der Waals surface area (Å²) in [6, 6.07) is 3.81. The van der Waals surface area contributed by atoms with Gasteiger partial charge in [0.05, 0.1) is 12.8 Å². The average molecular weight is 272 g/mol. The van der Waals surface area contributed by atoms with Gasteiger partial charge in [-0.2, -0.15) is 4.72 Å². The van der Waals surface area contributed by atoms with Crippen LogP contribution in [0.2, 0.25) is 0 Å². The second kappa shape index (κ2) is 5.36. The van der Waals surface area contributed by atoms with Crippen molar-refractivity contribution in [3.05, 3.63) is 23.8 Å². The summed E-state index contributed by atoms with van der Waals surface area (Å²) in [5, 5.41) is 0. The van der Waals surface area contributed by atoms with Crippen LogP contribution in [-0.2, 0) is 19.6 Å². The summed E-state index contributed by atoms with van der Waals surface area (Å²) in [6.45, 7) is 3.03. The molecule has 0 saturated carbocycles.